The summed E-state index contributed by atoms with van der Waals surface area (Å²) >= 11 is 0. The molecule has 1 aromatic rings. The minimum atomic E-state index is 0.263. The quantitative estimate of drug-likeness (QED) is 0.725. The first-order chi connectivity index (χ1) is 7.15. The van der Waals surface area contributed by atoms with Crippen LogP contribution >= 0.6 is 0 Å². The fourth-order valence-corrected chi connectivity index (χ4v) is 1.91. The van der Waals surface area contributed by atoms with Gasteiger partial charge in [-0.1, -0.05) is 17.7 Å². The second kappa shape index (κ2) is 5.89. The zero-order valence-corrected chi connectivity index (χ0v) is 9.93. The minimum Gasteiger partial charge on any atom is -0.396 e. The van der Waals surface area contributed by atoms with E-state index in [9.17, 15) is 0 Å². The van der Waals surface area contributed by atoms with Gasteiger partial charge in [0.05, 0.1) is 0 Å². The molecule has 0 aliphatic carbocycles. The fraction of sp³-hybridized carbons (Fsp3) is 0.538. The van der Waals surface area contributed by atoms with E-state index in [4.69, 9.17) is 5.11 Å². The Morgan fingerprint density at radius 1 is 1.13 bits per heavy atom. The van der Waals surface area contributed by atoms with Gasteiger partial charge in [0.2, 0.25) is 0 Å². The average molecular weight is 207 g/mol. The molecule has 0 radical (unpaired) electrons. The smallest absolute Gasteiger partial charge is 0.0443 e. The van der Waals surface area contributed by atoms with E-state index >= 15 is 0 Å². The molecule has 84 valence electrons. The van der Waals surface area contributed by atoms with E-state index in [-0.39, 0.29) is 6.61 Å². The molecule has 0 aromatic heterocycles. The predicted octanol–water partition coefficient (Wildman–Crippen LogP) is 2.08. The van der Waals surface area contributed by atoms with Gasteiger partial charge in [-0.2, -0.15) is 0 Å². The van der Waals surface area contributed by atoms with Crippen molar-refractivity contribution in [3.63, 3.8) is 0 Å². The van der Waals surface area contributed by atoms with Crippen molar-refractivity contribution in [1.29, 1.82) is 0 Å². The summed E-state index contributed by atoms with van der Waals surface area (Å²) in [6.07, 6.45) is 0.823. The van der Waals surface area contributed by atoms with Gasteiger partial charge in [-0.15, -0.1) is 0 Å². The van der Waals surface area contributed by atoms with E-state index in [1.165, 1.54) is 22.3 Å². The van der Waals surface area contributed by atoms with Crippen molar-refractivity contribution in [1.82, 2.24) is 5.32 Å². The van der Waals surface area contributed by atoms with Crippen molar-refractivity contribution in [3.05, 3.63) is 34.4 Å². The summed E-state index contributed by atoms with van der Waals surface area (Å²) in [4.78, 5) is 0. The van der Waals surface area contributed by atoms with Gasteiger partial charge < -0.3 is 10.4 Å². The van der Waals surface area contributed by atoms with Crippen LogP contribution in [0, 0.1) is 20.8 Å². The van der Waals surface area contributed by atoms with Crippen LogP contribution < -0.4 is 5.32 Å². The molecule has 2 nitrogen and oxygen atoms in total. The standard InChI is InChI=1S/C13H21NO/c1-10-7-11(2)13(12(3)8-10)9-14-5-4-6-15/h7-8,14-15H,4-6,9H2,1-3H3. The zero-order valence-electron chi connectivity index (χ0n) is 9.93. The largest absolute Gasteiger partial charge is 0.396 e. The number of aryl methyl sites for hydroxylation is 3. The third-order valence-corrected chi connectivity index (χ3v) is 2.65. The Hall–Kier alpha value is -0.860. The lowest BCUT2D eigenvalue weighted by atomic mass is 10.00. The highest BCUT2D eigenvalue weighted by atomic mass is 16.3. The maximum Gasteiger partial charge on any atom is 0.0443 e. The number of aliphatic hydroxyl groups is 1. The molecule has 2 N–H and O–H groups in total. The van der Waals surface area contributed by atoms with Crippen molar-refractivity contribution in [3.8, 4) is 0 Å². The maximum atomic E-state index is 8.67. The Kier molecular flexibility index (Phi) is 4.79. The zero-order chi connectivity index (χ0) is 11.3. The molecule has 0 amide bonds. The number of benzene rings is 1. The van der Waals surface area contributed by atoms with Crippen molar-refractivity contribution in [2.45, 2.75) is 33.7 Å². The molecule has 0 fully saturated rings. The van der Waals surface area contributed by atoms with Crippen LogP contribution in [-0.2, 0) is 6.54 Å². The highest BCUT2D eigenvalue weighted by molar-refractivity contribution is 5.37. The van der Waals surface area contributed by atoms with Crippen LogP contribution in [0.25, 0.3) is 0 Å². The van der Waals surface area contributed by atoms with Gasteiger partial charge in [0.25, 0.3) is 0 Å². The van der Waals surface area contributed by atoms with Gasteiger partial charge in [0.1, 0.15) is 0 Å². The third kappa shape index (κ3) is 3.65. The van der Waals surface area contributed by atoms with Crippen molar-refractivity contribution >= 4 is 0 Å². The van der Waals surface area contributed by atoms with Gasteiger partial charge in [-0.05, 0) is 50.4 Å². The predicted molar refractivity (Wildman–Crippen MR) is 64.1 cm³/mol. The summed E-state index contributed by atoms with van der Waals surface area (Å²) in [5, 5.41) is 12.0. The molecule has 0 spiro atoms. The number of nitrogens with one attached hydrogen (secondary N) is 1. The fourth-order valence-electron chi connectivity index (χ4n) is 1.91. The summed E-state index contributed by atoms with van der Waals surface area (Å²) in [6, 6.07) is 4.44. The first-order valence-electron chi connectivity index (χ1n) is 5.53. The molecular weight excluding hydrogens is 186 g/mol. The van der Waals surface area contributed by atoms with Crippen molar-refractivity contribution in [2.24, 2.45) is 0 Å². The lowest BCUT2D eigenvalue weighted by molar-refractivity contribution is 0.286. The van der Waals surface area contributed by atoms with Crippen LogP contribution in [-0.4, -0.2) is 18.3 Å². The Labute approximate surface area is 92.3 Å². The first kappa shape index (κ1) is 12.2. The molecule has 0 heterocycles. The number of hydrogen-bond acceptors (Lipinski definition) is 2. The maximum absolute atomic E-state index is 8.67. The summed E-state index contributed by atoms with van der Waals surface area (Å²) in [5.74, 6) is 0. The molecular formula is C13H21NO. The summed E-state index contributed by atoms with van der Waals surface area (Å²) in [6.45, 7) is 8.48. The molecule has 0 atom stereocenters. The van der Waals surface area contributed by atoms with E-state index in [0.29, 0.717) is 0 Å². The van der Waals surface area contributed by atoms with Crippen LogP contribution in [0.5, 0.6) is 0 Å². The number of hydrogen-bond donors (Lipinski definition) is 2. The normalized spacial score (nSPS) is 10.7. The van der Waals surface area contributed by atoms with E-state index < -0.39 is 0 Å². The Morgan fingerprint density at radius 3 is 2.27 bits per heavy atom. The van der Waals surface area contributed by atoms with Gasteiger partial charge in [-0.25, -0.2) is 0 Å². The van der Waals surface area contributed by atoms with Crippen LogP contribution in [0.4, 0.5) is 0 Å². The monoisotopic (exact) mass is 207 g/mol. The molecule has 0 aliphatic rings. The number of rotatable bonds is 5. The molecule has 1 aromatic carbocycles. The first-order valence-corrected chi connectivity index (χ1v) is 5.53. The summed E-state index contributed by atoms with van der Waals surface area (Å²) in [7, 11) is 0. The van der Waals surface area contributed by atoms with Gasteiger partial charge in [-0.3, -0.25) is 0 Å². The van der Waals surface area contributed by atoms with E-state index in [1.54, 1.807) is 0 Å². The van der Waals surface area contributed by atoms with Crippen molar-refractivity contribution < 1.29 is 5.11 Å². The molecule has 0 unspecified atom stereocenters. The molecule has 2 heteroatoms. The van der Waals surface area contributed by atoms with Crippen LogP contribution in [0.2, 0.25) is 0 Å². The van der Waals surface area contributed by atoms with E-state index in [2.05, 4.69) is 38.2 Å². The van der Waals surface area contributed by atoms with Crippen molar-refractivity contribution in [2.75, 3.05) is 13.2 Å². The minimum absolute atomic E-state index is 0.263. The topological polar surface area (TPSA) is 32.3 Å². The summed E-state index contributed by atoms with van der Waals surface area (Å²) in [5.41, 5.74) is 5.41. The van der Waals surface area contributed by atoms with Crippen LogP contribution in [0.1, 0.15) is 28.7 Å². The molecule has 0 saturated heterocycles. The van der Waals surface area contributed by atoms with Gasteiger partial charge in [0, 0.05) is 13.2 Å². The highest BCUT2D eigenvalue weighted by Crippen LogP contribution is 2.15. The third-order valence-electron chi connectivity index (χ3n) is 2.65. The molecule has 15 heavy (non-hydrogen) atoms. The van der Waals surface area contributed by atoms with Crippen LogP contribution in [0.3, 0.4) is 0 Å². The van der Waals surface area contributed by atoms with E-state index in [1.807, 2.05) is 0 Å². The Bertz CT molecular complexity index is 297. The second-order valence-corrected chi connectivity index (χ2v) is 4.13. The Morgan fingerprint density at radius 2 is 1.73 bits per heavy atom. The lowest BCUT2D eigenvalue weighted by Gasteiger charge is -2.12. The second-order valence-electron chi connectivity index (χ2n) is 4.13. The van der Waals surface area contributed by atoms with E-state index in [0.717, 1.165) is 19.5 Å². The highest BCUT2D eigenvalue weighted by Gasteiger charge is 2.02. The average Bonchev–Trinajstić information content (AvgIpc) is 2.15. The molecule has 0 aliphatic heterocycles. The molecule has 0 saturated carbocycles. The molecule has 0 bridgehead atoms. The van der Waals surface area contributed by atoms with Gasteiger partial charge in [0.15, 0.2) is 0 Å². The number of aliphatic hydroxyl groups excluding tert-OH is 1. The lowest BCUT2D eigenvalue weighted by Crippen LogP contribution is -2.17. The SMILES string of the molecule is Cc1cc(C)c(CNCCCO)c(C)c1. The van der Waals surface area contributed by atoms with Crippen LogP contribution in [0.15, 0.2) is 12.1 Å². The molecule has 1 rings (SSSR count). The Balaban J connectivity index is 2.60. The van der Waals surface area contributed by atoms with Gasteiger partial charge >= 0.3 is 0 Å². The summed E-state index contributed by atoms with van der Waals surface area (Å²) < 4.78 is 0.